The van der Waals surface area contributed by atoms with Crippen LogP contribution in [0.15, 0.2) is 73.1 Å². The van der Waals surface area contributed by atoms with Crippen LogP contribution >= 0.6 is 0 Å². The molecule has 0 amide bonds. The van der Waals surface area contributed by atoms with Crippen LogP contribution < -0.4 is 4.90 Å². The van der Waals surface area contributed by atoms with Crippen LogP contribution in [0.2, 0.25) is 0 Å². The number of alkyl halides is 3. The molecule has 0 unspecified atom stereocenters. The van der Waals surface area contributed by atoms with Crippen molar-refractivity contribution in [2.75, 3.05) is 31.2 Å². The summed E-state index contributed by atoms with van der Waals surface area (Å²) in [4.78, 5) is 40.2. The third kappa shape index (κ3) is 5.15. The summed E-state index contributed by atoms with van der Waals surface area (Å²) in [6.07, 6.45) is -0.0462. The molecule has 9 nitrogen and oxygen atoms in total. The van der Waals surface area contributed by atoms with Crippen molar-refractivity contribution in [3.63, 3.8) is 0 Å². The number of anilines is 1. The van der Waals surface area contributed by atoms with Gasteiger partial charge in [-0.15, -0.1) is 0 Å². The minimum Gasteiger partial charge on any atom is -0.383 e. The average molecular weight is 602 g/mol. The first-order valence-electron chi connectivity index (χ1n) is 14.3. The highest BCUT2D eigenvalue weighted by Crippen LogP contribution is 2.49. The number of fused-ring (bicyclic) bond motifs is 2. The van der Waals surface area contributed by atoms with E-state index < -0.39 is 18.1 Å². The van der Waals surface area contributed by atoms with E-state index in [0.717, 1.165) is 46.6 Å². The van der Waals surface area contributed by atoms with Gasteiger partial charge in [-0.25, -0.2) is 19.6 Å². The number of ether oxygens (including phenoxy) is 2. The van der Waals surface area contributed by atoms with Gasteiger partial charge >= 0.3 is 18.1 Å². The van der Waals surface area contributed by atoms with Gasteiger partial charge in [0.05, 0.1) is 35.7 Å². The lowest BCUT2D eigenvalue weighted by molar-refractivity contribution is -0.193. The summed E-state index contributed by atoms with van der Waals surface area (Å²) < 4.78 is 49.3. The topological polar surface area (TPSA) is 98.9 Å². The second-order valence-corrected chi connectivity index (χ2v) is 10.9. The third-order valence-corrected chi connectivity index (χ3v) is 8.24. The molecule has 1 saturated heterocycles. The summed E-state index contributed by atoms with van der Waals surface area (Å²) in [5.41, 5.74) is 4.88. The summed E-state index contributed by atoms with van der Waals surface area (Å²) in [5.74, 6) is -2.81. The first-order valence-corrected chi connectivity index (χ1v) is 14.3. The Morgan fingerprint density at radius 1 is 0.909 bits per heavy atom. The first-order chi connectivity index (χ1) is 21.3. The molecule has 7 rings (SSSR count). The number of halogens is 3. The minimum atomic E-state index is -5.27. The summed E-state index contributed by atoms with van der Waals surface area (Å²) in [6, 6.07) is 18.1. The molecule has 0 spiro atoms. The number of benzene rings is 2. The number of esters is 2. The fourth-order valence-corrected chi connectivity index (χ4v) is 5.91. The highest BCUT2D eigenvalue weighted by Gasteiger charge is 2.42. The Bertz CT molecular complexity index is 1880. The molecule has 1 saturated carbocycles. The number of para-hydroxylation sites is 1. The fourth-order valence-electron chi connectivity index (χ4n) is 5.91. The molecule has 2 fully saturated rings. The Hall–Kier alpha value is -4.84. The first kappa shape index (κ1) is 28.0. The van der Waals surface area contributed by atoms with Gasteiger partial charge in [-0.05, 0) is 37.1 Å². The Labute approximate surface area is 249 Å². The lowest BCUT2D eigenvalue weighted by Crippen LogP contribution is -2.37. The summed E-state index contributed by atoms with van der Waals surface area (Å²) in [5, 5.41) is 1.09. The number of nitrogens with zero attached hydrogens (tertiary/aromatic N) is 5. The zero-order chi connectivity index (χ0) is 30.4. The van der Waals surface area contributed by atoms with E-state index in [-0.39, 0.29) is 17.4 Å². The van der Waals surface area contributed by atoms with Gasteiger partial charge in [0.25, 0.3) is 0 Å². The number of carbonyl (C=O) groups is 2. The van der Waals surface area contributed by atoms with Gasteiger partial charge in [0.1, 0.15) is 0 Å². The summed E-state index contributed by atoms with van der Waals surface area (Å²) in [6.45, 7) is 2.52. The van der Waals surface area contributed by atoms with E-state index in [9.17, 15) is 22.8 Å². The fraction of sp³-hybridized carbons (Fsp3) is 0.281. The molecule has 0 atom stereocenters. The molecule has 5 aromatic rings. The van der Waals surface area contributed by atoms with Crippen molar-refractivity contribution in [1.29, 1.82) is 0 Å². The van der Waals surface area contributed by atoms with Gasteiger partial charge in [0, 0.05) is 54.0 Å². The van der Waals surface area contributed by atoms with E-state index in [2.05, 4.69) is 26.8 Å². The molecule has 224 valence electrons. The molecule has 0 bridgehead atoms. The monoisotopic (exact) mass is 601 g/mol. The molecule has 4 heterocycles. The van der Waals surface area contributed by atoms with E-state index in [0.29, 0.717) is 37.5 Å². The van der Waals surface area contributed by atoms with Crippen molar-refractivity contribution in [2.45, 2.75) is 30.9 Å². The second-order valence-electron chi connectivity index (χ2n) is 10.9. The molecule has 1 aliphatic heterocycles. The van der Waals surface area contributed by atoms with Gasteiger partial charge in [0.2, 0.25) is 0 Å². The second kappa shape index (κ2) is 11.0. The predicted molar refractivity (Wildman–Crippen MR) is 154 cm³/mol. The van der Waals surface area contributed by atoms with E-state index >= 15 is 0 Å². The van der Waals surface area contributed by atoms with Crippen molar-refractivity contribution < 1.29 is 32.2 Å². The van der Waals surface area contributed by atoms with Crippen molar-refractivity contribution in [2.24, 2.45) is 0 Å². The smallest absolute Gasteiger partial charge is 0.383 e. The Morgan fingerprint density at radius 2 is 1.66 bits per heavy atom. The maximum atomic E-state index is 12.6. The summed E-state index contributed by atoms with van der Waals surface area (Å²) >= 11 is 0. The third-order valence-electron chi connectivity index (χ3n) is 8.24. The average Bonchev–Trinajstić information content (AvgIpc) is 3.39. The molecule has 3 aromatic heterocycles. The standard InChI is InChI=1S/C32H26F3N5O4/c33-32(34,35)31(42)44-30(41)21-7-5-20(6-8-21)27-26(38-29-28(36-11-12-40(27)29)39-13-15-43-16-14-39)23-17-22(18-23)25-10-9-19-3-1-2-4-24(19)37-25/h1-12,22-23H,13-18H2. The Morgan fingerprint density at radius 3 is 2.41 bits per heavy atom. The van der Waals surface area contributed by atoms with Crippen molar-refractivity contribution in [1.82, 2.24) is 19.4 Å². The number of morpholine rings is 1. The van der Waals surface area contributed by atoms with Crippen molar-refractivity contribution in [3.8, 4) is 11.3 Å². The minimum absolute atomic E-state index is 0.120. The molecule has 44 heavy (non-hydrogen) atoms. The van der Waals surface area contributed by atoms with Crippen LogP contribution in [-0.4, -0.2) is 63.8 Å². The highest BCUT2D eigenvalue weighted by molar-refractivity contribution is 5.98. The summed E-state index contributed by atoms with van der Waals surface area (Å²) in [7, 11) is 0. The van der Waals surface area contributed by atoms with E-state index in [4.69, 9.17) is 14.7 Å². The Kier molecular flexibility index (Phi) is 7.00. The zero-order valence-corrected chi connectivity index (χ0v) is 23.3. The number of aromatic nitrogens is 4. The molecule has 1 aliphatic carbocycles. The molecule has 2 aromatic carbocycles. The van der Waals surface area contributed by atoms with Crippen LogP contribution in [0.3, 0.4) is 0 Å². The van der Waals surface area contributed by atoms with Gasteiger partial charge < -0.3 is 14.4 Å². The number of carbonyl (C=O) groups excluding carboxylic acids is 2. The maximum absolute atomic E-state index is 12.6. The molecule has 2 aliphatic rings. The van der Waals surface area contributed by atoms with Crippen LogP contribution in [-0.2, 0) is 14.3 Å². The number of hydrogen-bond donors (Lipinski definition) is 0. The lowest BCUT2D eigenvalue weighted by Gasteiger charge is -2.34. The number of rotatable bonds is 5. The van der Waals surface area contributed by atoms with Crippen molar-refractivity contribution in [3.05, 3.63) is 90.0 Å². The highest BCUT2D eigenvalue weighted by atomic mass is 19.4. The Balaban J connectivity index is 1.23. The van der Waals surface area contributed by atoms with Crippen LogP contribution in [0.4, 0.5) is 19.0 Å². The van der Waals surface area contributed by atoms with Crippen LogP contribution in [0.25, 0.3) is 27.8 Å². The normalized spacial score (nSPS) is 18.8. The maximum Gasteiger partial charge on any atom is 0.491 e. The van der Waals surface area contributed by atoms with Gasteiger partial charge in [-0.2, -0.15) is 13.2 Å². The van der Waals surface area contributed by atoms with Crippen LogP contribution in [0.5, 0.6) is 0 Å². The van der Waals surface area contributed by atoms with E-state index in [1.54, 1.807) is 18.3 Å². The number of imidazole rings is 1. The van der Waals surface area contributed by atoms with Gasteiger partial charge in [0.15, 0.2) is 11.5 Å². The molecular weight excluding hydrogens is 575 g/mol. The molecule has 12 heteroatoms. The largest absolute Gasteiger partial charge is 0.491 e. The zero-order valence-electron chi connectivity index (χ0n) is 23.3. The molecular formula is C32H26F3N5O4. The van der Waals surface area contributed by atoms with Crippen LogP contribution in [0, 0.1) is 0 Å². The number of hydrogen-bond acceptors (Lipinski definition) is 8. The molecule has 0 radical (unpaired) electrons. The van der Waals surface area contributed by atoms with E-state index in [1.807, 2.05) is 34.9 Å². The SMILES string of the molecule is O=C(OC(=O)C(F)(F)F)c1ccc(-c2c(C3CC(c4ccc5ccccc5n4)C3)nc3c(N4CCOCC4)nccn23)cc1. The number of pyridine rings is 1. The van der Waals surface area contributed by atoms with Gasteiger partial charge in [-0.1, -0.05) is 36.4 Å². The lowest BCUT2D eigenvalue weighted by atomic mass is 9.71. The quantitative estimate of drug-likeness (QED) is 0.187. The van der Waals surface area contributed by atoms with E-state index in [1.165, 1.54) is 12.1 Å². The predicted octanol–water partition coefficient (Wildman–Crippen LogP) is 5.69. The van der Waals surface area contributed by atoms with Gasteiger partial charge in [-0.3, -0.25) is 9.38 Å². The van der Waals surface area contributed by atoms with Crippen LogP contribution in [0.1, 0.15) is 46.4 Å². The molecule has 0 N–H and O–H groups in total. The van der Waals surface area contributed by atoms with Crippen molar-refractivity contribution >= 4 is 34.3 Å².